The van der Waals surface area contributed by atoms with Crippen LogP contribution >= 0.6 is 0 Å². The number of hydrogen-bond donors (Lipinski definition) is 0. The average molecular weight is 232 g/mol. The van der Waals surface area contributed by atoms with Gasteiger partial charge in [-0.1, -0.05) is 36.1 Å². The zero-order valence-corrected chi connectivity index (χ0v) is 10.1. The SMILES string of the molecule is COc1cccc(C#CC#Cc2ccccc2)c1. The molecule has 0 aliphatic heterocycles. The Kier molecular flexibility index (Phi) is 4.07. The Labute approximate surface area is 107 Å². The van der Waals surface area contributed by atoms with Gasteiger partial charge in [0, 0.05) is 11.1 Å². The van der Waals surface area contributed by atoms with E-state index < -0.39 is 0 Å². The van der Waals surface area contributed by atoms with Gasteiger partial charge in [0.15, 0.2) is 0 Å². The summed E-state index contributed by atoms with van der Waals surface area (Å²) < 4.78 is 5.13. The van der Waals surface area contributed by atoms with E-state index in [9.17, 15) is 0 Å². The first-order valence-electron chi connectivity index (χ1n) is 5.59. The maximum atomic E-state index is 5.13. The lowest BCUT2D eigenvalue weighted by Gasteiger charge is -1.97. The Morgan fingerprint density at radius 2 is 1.44 bits per heavy atom. The molecule has 2 aromatic rings. The van der Waals surface area contributed by atoms with Crippen LogP contribution in [0, 0.1) is 23.7 Å². The molecule has 0 aliphatic rings. The van der Waals surface area contributed by atoms with Crippen molar-refractivity contribution < 1.29 is 4.74 Å². The Morgan fingerprint density at radius 1 is 0.778 bits per heavy atom. The van der Waals surface area contributed by atoms with E-state index in [0.29, 0.717) is 0 Å². The van der Waals surface area contributed by atoms with Crippen LogP contribution in [-0.2, 0) is 0 Å². The summed E-state index contributed by atoms with van der Waals surface area (Å²) >= 11 is 0. The molecule has 0 saturated carbocycles. The Balaban J connectivity index is 2.11. The van der Waals surface area contributed by atoms with Crippen molar-refractivity contribution >= 4 is 0 Å². The van der Waals surface area contributed by atoms with E-state index in [0.717, 1.165) is 16.9 Å². The molecule has 0 atom stereocenters. The molecule has 0 N–H and O–H groups in total. The molecule has 18 heavy (non-hydrogen) atoms. The van der Waals surface area contributed by atoms with Crippen molar-refractivity contribution in [3.8, 4) is 29.4 Å². The highest BCUT2D eigenvalue weighted by molar-refractivity contribution is 5.45. The fourth-order valence-corrected chi connectivity index (χ4v) is 1.43. The van der Waals surface area contributed by atoms with Gasteiger partial charge in [-0.25, -0.2) is 0 Å². The molecular formula is C17H12O. The quantitative estimate of drug-likeness (QED) is 0.686. The second-order valence-electron chi connectivity index (χ2n) is 3.60. The zero-order chi connectivity index (χ0) is 12.6. The van der Waals surface area contributed by atoms with Crippen molar-refractivity contribution in [3.63, 3.8) is 0 Å². The maximum Gasteiger partial charge on any atom is 0.120 e. The van der Waals surface area contributed by atoms with Gasteiger partial charge in [-0.15, -0.1) is 0 Å². The largest absolute Gasteiger partial charge is 0.497 e. The molecule has 0 unspecified atom stereocenters. The van der Waals surface area contributed by atoms with Gasteiger partial charge in [-0.2, -0.15) is 0 Å². The molecule has 0 aromatic heterocycles. The zero-order valence-electron chi connectivity index (χ0n) is 10.1. The fraction of sp³-hybridized carbons (Fsp3) is 0.0588. The normalized spacial score (nSPS) is 8.50. The van der Waals surface area contributed by atoms with E-state index in [1.807, 2.05) is 54.6 Å². The number of benzene rings is 2. The van der Waals surface area contributed by atoms with Gasteiger partial charge < -0.3 is 4.74 Å². The average Bonchev–Trinajstić information content (AvgIpc) is 2.45. The van der Waals surface area contributed by atoms with Crippen LogP contribution in [0.2, 0.25) is 0 Å². The molecule has 86 valence electrons. The summed E-state index contributed by atoms with van der Waals surface area (Å²) in [6.07, 6.45) is 0. The van der Waals surface area contributed by atoms with Crippen LogP contribution in [0.15, 0.2) is 54.6 Å². The minimum absolute atomic E-state index is 0.804. The van der Waals surface area contributed by atoms with Crippen molar-refractivity contribution in [3.05, 3.63) is 65.7 Å². The van der Waals surface area contributed by atoms with E-state index in [2.05, 4.69) is 23.7 Å². The molecule has 0 amide bonds. The standard InChI is InChI=1S/C17H12O/c1-18-17-13-7-12-16(14-17)11-6-5-10-15-8-3-2-4-9-15/h2-4,7-9,12-14H,1H3. The molecule has 0 spiro atoms. The lowest BCUT2D eigenvalue weighted by molar-refractivity contribution is 0.414. The highest BCUT2D eigenvalue weighted by Gasteiger charge is 1.90. The van der Waals surface area contributed by atoms with E-state index >= 15 is 0 Å². The highest BCUT2D eigenvalue weighted by Crippen LogP contribution is 2.11. The van der Waals surface area contributed by atoms with Crippen LogP contribution in [0.4, 0.5) is 0 Å². The van der Waals surface area contributed by atoms with Crippen LogP contribution in [0.3, 0.4) is 0 Å². The summed E-state index contributed by atoms with van der Waals surface area (Å²) in [6, 6.07) is 17.4. The summed E-state index contributed by atoms with van der Waals surface area (Å²) in [6.45, 7) is 0. The van der Waals surface area contributed by atoms with Gasteiger partial charge in [-0.3, -0.25) is 0 Å². The summed E-state index contributed by atoms with van der Waals surface area (Å²) in [4.78, 5) is 0. The first kappa shape index (κ1) is 11.8. The predicted molar refractivity (Wildman–Crippen MR) is 73.2 cm³/mol. The first-order chi connectivity index (χ1) is 8.88. The van der Waals surface area contributed by atoms with Crippen LogP contribution in [-0.4, -0.2) is 7.11 Å². The third-order valence-corrected chi connectivity index (χ3v) is 2.32. The van der Waals surface area contributed by atoms with Crippen molar-refractivity contribution in [2.24, 2.45) is 0 Å². The maximum absolute atomic E-state index is 5.13. The number of methoxy groups -OCH3 is 1. The number of ether oxygens (including phenoxy) is 1. The molecule has 2 rings (SSSR count). The van der Waals surface area contributed by atoms with Gasteiger partial charge in [0.1, 0.15) is 5.75 Å². The van der Waals surface area contributed by atoms with E-state index in [1.165, 1.54) is 0 Å². The lowest BCUT2D eigenvalue weighted by atomic mass is 10.2. The minimum Gasteiger partial charge on any atom is -0.497 e. The molecule has 1 nitrogen and oxygen atoms in total. The molecule has 0 bridgehead atoms. The molecule has 2 aromatic carbocycles. The van der Waals surface area contributed by atoms with Crippen molar-refractivity contribution in [2.45, 2.75) is 0 Å². The van der Waals surface area contributed by atoms with Crippen molar-refractivity contribution in [2.75, 3.05) is 7.11 Å². The number of rotatable bonds is 1. The van der Waals surface area contributed by atoms with Crippen LogP contribution < -0.4 is 4.74 Å². The summed E-state index contributed by atoms with van der Waals surface area (Å²) in [5.41, 5.74) is 1.87. The van der Waals surface area contributed by atoms with E-state index in [4.69, 9.17) is 4.74 Å². The second kappa shape index (κ2) is 6.18. The Morgan fingerprint density at radius 3 is 2.17 bits per heavy atom. The van der Waals surface area contributed by atoms with Gasteiger partial charge in [0.2, 0.25) is 0 Å². The first-order valence-corrected chi connectivity index (χ1v) is 5.59. The molecule has 0 fully saturated rings. The second-order valence-corrected chi connectivity index (χ2v) is 3.60. The molecule has 0 aliphatic carbocycles. The molecule has 1 heteroatoms. The molecule has 0 radical (unpaired) electrons. The van der Waals surface area contributed by atoms with E-state index in [1.54, 1.807) is 7.11 Å². The Bertz CT molecular complexity index is 634. The summed E-state index contributed by atoms with van der Waals surface area (Å²) in [7, 11) is 1.64. The third kappa shape index (κ3) is 3.44. The monoisotopic (exact) mass is 232 g/mol. The van der Waals surface area contributed by atoms with E-state index in [-0.39, 0.29) is 0 Å². The van der Waals surface area contributed by atoms with Gasteiger partial charge in [0.25, 0.3) is 0 Å². The van der Waals surface area contributed by atoms with Gasteiger partial charge >= 0.3 is 0 Å². The van der Waals surface area contributed by atoms with Gasteiger partial charge in [0.05, 0.1) is 7.11 Å². The molecule has 0 saturated heterocycles. The highest BCUT2D eigenvalue weighted by atomic mass is 16.5. The molecule has 0 heterocycles. The van der Waals surface area contributed by atoms with Gasteiger partial charge in [-0.05, 0) is 42.2 Å². The lowest BCUT2D eigenvalue weighted by Crippen LogP contribution is -1.82. The topological polar surface area (TPSA) is 9.23 Å². The smallest absolute Gasteiger partial charge is 0.120 e. The van der Waals surface area contributed by atoms with Crippen LogP contribution in [0.25, 0.3) is 0 Å². The summed E-state index contributed by atoms with van der Waals surface area (Å²) in [5.74, 6) is 12.4. The van der Waals surface area contributed by atoms with Crippen molar-refractivity contribution in [1.29, 1.82) is 0 Å². The third-order valence-electron chi connectivity index (χ3n) is 2.32. The minimum atomic E-state index is 0.804. The van der Waals surface area contributed by atoms with Crippen LogP contribution in [0.1, 0.15) is 11.1 Å². The molecular weight excluding hydrogens is 220 g/mol. The Hall–Kier alpha value is -2.64. The number of hydrogen-bond acceptors (Lipinski definition) is 1. The predicted octanol–water partition coefficient (Wildman–Crippen LogP) is 3.10. The van der Waals surface area contributed by atoms with Crippen molar-refractivity contribution in [1.82, 2.24) is 0 Å². The summed E-state index contributed by atoms with van der Waals surface area (Å²) in [5, 5.41) is 0. The van der Waals surface area contributed by atoms with Crippen LogP contribution in [0.5, 0.6) is 5.75 Å². The fourth-order valence-electron chi connectivity index (χ4n) is 1.43.